The van der Waals surface area contributed by atoms with Gasteiger partial charge in [0.2, 0.25) is 0 Å². The molecule has 142 valence electrons. The van der Waals surface area contributed by atoms with Gasteiger partial charge < -0.3 is 20.1 Å². The zero-order valence-corrected chi connectivity index (χ0v) is 17.0. The summed E-state index contributed by atoms with van der Waals surface area (Å²) in [6.07, 6.45) is 2.64. The smallest absolute Gasteiger partial charge is 0.175 e. The van der Waals surface area contributed by atoms with Gasteiger partial charge in [-0.2, -0.15) is 0 Å². The van der Waals surface area contributed by atoms with Crippen LogP contribution in [0.3, 0.4) is 0 Å². The van der Waals surface area contributed by atoms with E-state index in [0.29, 0.717) is 18.3 Å². The number of anilines is 2. The molecule has 2 aromatic rings. The molecule has 0 aromatic heterocycles. The van der Waals surface area contributed by atoms with E-state index in [0.717, 1.165) is 22.9 Å². The molecule has 0 fully saturated rings. The van der Waals surface area contributed by atoms with Crippen LogP contribution in [0.15, 0.2) is 48.5 Å². The quantitative estimate of drug-likeness (QED) is 0.573. The monoisotopic (exact) mass is 374 g/mol. The third-order valence-electron chi connectivity index (χ3n) is 3.35. The number of hydrogen-bond acceptors (Lipinski definition) is 3. The SMILES string of the molecule is CCCC.CCOc1ccc(NC(=S)Nc2ccc(OCC)cc2)cc1. The number of unbranched alkanes of at least 4 members (excludes halogenated alkanes) is 1. The molecule has 0 saturated heterocycles. The summed E-state index contributed by atoms with van der Waals surface area (Å²) in [6, 6.07) is 15.3. The van der Waals surface area contributed by atoms with Gasteiger partial charge in [-0.05, 0) is 74.6 Å². The Morgan fingerprint density at radius 1 is 0.692 bits per heavy atom. The Balaban J connectivity index is 0.000000765. The molecule has 0 heterocycles. The highest BCUT2D eigenvalue weighted by molar-refractivity contribution is 7.80. The first-order chi connectivity index (χ1) is 12.6. The average Bonchev–Trinajstić information content (AvgIpc) is 2.65. The van der Waals surface area contributed by atoms with Gasteiger partial charge in [-0.3, -0.25) is 0 Å². The molecule has 26 heavy (non-hydrogen) atoms. The largest absolute Gasteiger partial charge is 0.494 e. The van der Waals surface area contributed by atoms with Gasteiger partial charge in [0.25, 0.3) is 0 Å². The molecule has 2 rings (SSSR count). The van der Waals surface area contributed by atoms with Crippen LogP contribution < -0.4 is 20.1 Å². The molecule has 0 aliphatic heterocycles. The first-order valence-electron chi connectivity index (χ1n) is 9.16. The van der Waals surface area contributed by atoms with Gasteiger partial charge in [0, 0.05) is 11.4 Å². The van der Waals surface area contributed by atoms with Gasteiger partial charge in [-0.1, -0.05) is 26.7 Å². The van der Waals surface area contributed by atoms with Gasteiger partial charge in [0.05, 0.1) is 13.2 Å². The van der Waals surface area contributed by atoms with Crippen molar-refractivity contribution >= 4 is 28.7 Å². The van der Waals surface area contributed by atoms with Crippen LogP contribution in [0.2, 0.25) is 0 Å². The molecule has 0 spiro atoms. The Morgan fingerprint density at radius 3 is 1.31 bits per heavy atom. The van der Waals surface area contributed by atoms with E-state index >= 15 is 0 Å². The molecule has 4 nitrogen and oxygen atoms in total. The van der Waals surface area contributed by atoms with Crippen molar-refractivity contribution in [2.75, 3.05) is 23.8 Å². The normalized spacial score (nSPS) is 9.54. The second-order valence-electron chi connectivity index (χ2n) is 5.49. The van der Waals surface area contributed by atoms with E-state index in [-0.39, 0.29) is 0 Å². The molecule has 2 aromatic carbocycles. The van der Waals surface area contributed by atoms with Crippen molar-refractivity contribution < 1.29 is 9.47 Å². The zero-order valence-electron chi connectivity index (χ0n) is 16.2. The van der Waals surface area contributed by atoms with E-state index in [1.54, 1.807) is 0 Å². The lowest BCUT2D eigenvalue weighted by Gasteiger charge is -2.12. The van der Waals surface area contributed by atoms with E-state index < -0.39 is 0 Å². The van der Waals surface area contributed by atoms with E-state index in [2.05, 4.69) is 24.5 Å². The van der Waals surface area contributed by atoms with Crippen LogP contribution in [0.25, 0.3) is 0 Å². The first-order valence-corrected chi connectivity index (χ1v) is 9.57. The molecule has 2 N–H and O–H groups in total. The minimum absolute atomic E-state index is 0.535. The molecule has 0 saturated carbocycles. The third kappa shape index (κ3) is 8.72. The third-order valence-corrected chi connectivity index (χ3v) is 3.55. The molecule has 0 unspecified atom stereocenters. The number of ether oxygens (including phenoxy) is 2. The molecule has 0 bridgehead atoms. The maximum atomic E-state index is 5.40. The highest BCUT2D eigenvalue weighted by atomic mass is 32.1. The summed E-state index contributed by atoms with van der Waals surface area (Å²) in [5.74, 6) is 1.69. The van der Waals surface area contributed by atoms with E-state index in [1.807, 2.05) is 62.4 Å². The summed E-state index contributed by atoms with van der Waals surface area (Å²) < 4.78 is 10.8. The average molecular weight is 375 g/mol. The van der Waals surface area contributed by atoms with Crippen molar-refractivity contribution in [3.05, 3.63) is 48.5 Å². The Hall–Kier alpha value is -2.27. The Labute approximate surface area is 162 Å². The lowest BCUT2D eigenvalue weighted by molar-refractivity contribution is 0.340. The number of hydrogen-bond donors (Lipinski definition) is 2. The van der Waals surface area contributed by atoms with Crippen molar-refractivity contribution in [2.45, 2.75) is 40.5 Å². The second-order valence-corrected chi connectivity index (χ2v) is 5.90. The number of nitrogens with one attached hydrogen (secondary N) is 2. The van der Waals surface area contributed by atoms with Crippen LogP contribution >= 0.6 is 12.2 Å². The maximum Gasteiger partial charge on any atom is 0.175 e. The van der Waals surface area contributed by atoms with Gasteiger partial charge >= 0.3 is 0 Å². The Morgan fingerprint density at radius 2 is 1.04 bits per heavy atom. The molecular formula is C21H30N2O2S. The van der Waals surface area contributed by atoms with Crippen molar-refractivity contribution in [3.8, 4) is 11.5 Å². The Bertz CT molecular complexity index is 572. The van der Waals surface area contributed by atoms with E-state index in [1.165, 1.54) is 12.8 Å². The topological polar surface area (TPSA) is 42.5 Å². The van der Waals surface area contributed by atoms with Gasteiger partial charge in [-0.25, -0.2) is 0 Å². The number of benzene rings is 2. The van der Waals surface area contributed by atoms with Crippen LogP contribution in [-0.4, -0.2) is 18.3 Å². The van der Waals surface area contributed by atoms with Crippen LogP contribution in [0.4, 0.5) is 11.4 Å². The molecule has 0 aliphatic carbocycles. The first kappa shape index (κ1) is 21.8. The minimum Gasteiger partial charge on any atom is -0.494 e. The predicted octanol–water partition coefficient (Wildman–Crippen LogP) is 6.10. The highest BCUT2D eigenvalue weighted by Gasteiger charge is 2.00. The summed E-state index contributed by atoms with van der Waals surface area (Å²) >= 11 is 5.30. The number of rotatable bonds is 7. The molecule has 0 aliphatic rings. The van der Waals surface area contributed by atoms with Crippen LogP contribution in [-0.2, 0) is 0 Å². The maximum absolute atomic E-state index is 5.40. The molecule has 5 heteroatoms. The van der Waals surface area contributed by atoms with Crippen LogP contribution in [0.1, 0.15) is 40.5 Å². The van der Waals surface area contributed by atoms with Crippen LogP contribution in [0, 0.1) is 0 Å². The molecular weight excluding hydrogens is 344 g/mol. The van der Waals surface area contributed by atoms with Crippen molar-refractivity contribution in [3.63, 3.8) is 0 Å². The molecule has 0 radical (unpaired) electrons. The minimum atomic E-state index is 0.535. The highest BCUT2D eigenvalue weighted by Crippen LogP contribution is 2.18. The fourth-order valence-electron chi connectivity index (χ4n) is 1.90. The Kier molecular flexibility index (Phi) is 10.9. The fraction of sp³-hybridized carbons (Fsp3) is 0.381. The van der Waals surface area contributed by atoms with Crippen molar-refractivity contribution in [1.82, 2.24) is 0 Å². The van der Waals surface area contributed by atoms with Crippen LogP contribution in [0.5, 0.6) is 11.5 Å². The second kappa shape index (κ2) is 13.0. The van der Waals surface area contributed by atoms with E-state index in [9.17, 15) is 0 Å². The lowest BCUT2D eigenvalue weighted by atomic mass is 10.3. The standard InChI is InChI=1S/C17H20N2O2S.C4H10/c1-3-20-15-9-5-13(6-10-15)18-17(22)19-14-7-11-16(12-8-14)21-4-2;1-3-4-2/h5-12H,3-4H2,1-2H3,(H2,18,19,22);3-4H2,1-2H3. The van der Waals surface area contributed by atoms with Crippen molar-refractivity contribution in [1.29, 1.82) is 0 Å². The molecule has 0 amide bonds. The number of thiocarbonyl (C=S) groups is 1. The summed E-state index contributed by atoms with van der Waals surface area (Å²) in [6.45, 7) is 9.60. The zero-order chi connectivity index (χ0) is 19.2. The summed E-state index contributed by atoms with van der Waals surface area (Å²) in [7, 11) is 0. The molecule has 0 atom stereocenters. The lowest BCUT2D eigenvalue weighted by Crippen LogP contribution is -2.18. The summed E-state index contributed by atoms with van der Waals surface area (Å²) in [4.78, 5) is 0. The van der Waals surface area contributed by atoms with E-state index in [4.69, 9.17) is 21.7 Å². The van der Waals surface area contributed by atoms with Crippen molar-refractivity contribution in [2.24, 2.45) is 0 Å². The van der Waals surface area contributed by atoms with Gasteiger partial charge in [0.1, 0.15) is 11.5 Å². The summed E-state index contributed by atoms with van der Waals surface area (Å²) in [5, 5.41) is 6.80. The predicted molar refractivity (Wildman–Crippen MR) is 116 cm³/mol. The fourth-order valence-corrected chi connectivity index (χ4v) is 2.13. The summed E-state index contributed by atoms with van der Waals surface area (Å²) in [5.41, 5.74) is 1.82. The van der Waals surface area contributed by atoms with Gasteiger partial charge in [0.15, 0.2) is 5.11 Å². The van der Waals surface area contributed by atoms with Gasteiger partial charge in [-0.15, -0.1) is 0 Å².